The van der Waals surface area contributed by atoms with Gasteiger partial charge in [0, 0.05) is 18.0 Å². The van der Waals surface area contributed by atoms with Gasteiger partial charge in [-0.2, -0.15) is 0 Å². The van der Waals surface area contributed by atoms with Crippen LogP contribution in [0.1, 0.15) is 54.9 Å². The van der Waals surface area contributed by atoms with Crippen LogP contribution in [0, 0.1) is 0 Å². The number of carboxylic acids is 1. The molecule has 0 bridgehead atoms. The number of thiazole rings is 1. The summed E-state index contributed by atoms with van der Waals surface area (Å²) in [5.74, 6) is -0.830. The molecule has 21 heavy (non-hydrogen) atoms. The Hall–Kier alpha value is -1.63. The second kappa shape index (κ2) is 6.01. The highest BCUT2D eigenvalue weighted by molar-refractivity contribution is 7.10. The lowest BCUT2D eigenvalue weighted by Gasteiger charge is -2.33. The first-order valence-corrected chi connectivity index (χ1v) is 7.80. The van der Waals surface area contributed by atoms with Crippen molar-refractivity contribution in [3.8, 4) is 0 Å². The number of carbonyl (C=O) groups is 2. The molecule has 6 nitrogen and oxygen atoms in total. The highest BCUT2D eigenvalue weighted by atomic mass is 32.1. The highest BCUT2D eigenvalue weighted by Gasteiger charge is 2.30. The molecule has 0 aliphatic carbocycles. The number of likely N-dealkylation sites (tertiary alicyclic amines) is 1. The van der Waals surface area contributed by atoms with E-state index in [1.165, 1.54) is 11.3 Å². The molecule has 116 valence electrons. The summed E-state index contributed by atoms with van der Waals surface area (Å²) < 4.78 is 5.35. The van der Waals surface area contributed by atoms with E-state index < -0.39 is 11.6 Å². The molecular weight excluding hydrogens is 292 g/mol. The fraction of sp³-hybridized carbons (Fsp3) is 0.643. The molecule has 2 heterocycles. The smallest absolute Gasteiger partial charge is 0.410 e. The number of amides is 1. The van der Waals surface area contributed by atoms with E-state index in [0.717, 1.165) is 17.7 Å². The van der Waals surface area contributed by atoms with Crippen molar-refractivity contribution < 1.29 is 19.4 Å². The largest absolute Gasteiger partial charge is 0.476 e. The third kappa shape index (κ3) is 3.93. The molecule has 0 unspecified atom stereocenters. The highest BCUT2D eigenvalue weighted by Crippen LogP contribution is 2.33. The number of aromatic carboxylic acids is 1. The maximum absolute atomic E-state index is 12.0. The summed E-state index contributed by atoms with van der Waals surface area (Å²) in [4.78, 5) is 29.5. The number of hydrogen-bond donors (Lipinski definition) is 1. The summed E-state index contributed by atoms with van der Waals surface area (Å²) in [7, 11) is 0. The zero-order valence-electron chi connectivity index (χ0n) is 12.5. The van der Waals surface area contributed by atoms with Crippen molar-refractivity contribution in [2.24, 2.45) is 0 Å². The Morgan fingerprint density at radius 3 is 2.52 bits per heavy atom. The van der Waals surface area contributed by atoms with Crippen LogP contribution in [0.25, 0.3) is 0 Å². The lowest BCUT2D eigenvalue weighted by Crippen LogP contribution is -2.41. The van der Waals surface area contributed by atoms with Crippen molar-refractivity contribution in [2.45, 2.75) is 45.1 Å². The summed E-state index contributed by atoms with van der Waals surface area (Å²) in [6.07, 6.45) is 1.17. The molecule has 0 atom stereocenters. The maximum atomic E-state index is 12.0. The Balaban J connectivity index is 1.96. The number of rotatable bonds is 2. The summed E-state index contributed by atoms with van der Waals surface area (Å²) in [6, 6.07) is 0. The van der Waals surface area contributed by atoms with Gasteiger partial charge in [-0.15, -0.1) is 11.3 Å². The van der Waals surface area contributed by atoms with Crippen LogP contribution >= 0.6 is 11.3 Å². The summed E-state index contributed by atoms with van der Waals surface area (Å²) >= 11 is 1.38. The van der Waals surface area contributed by atoms with Gasteiger partial charge >= 0.3 is 12.1 Å². The van der Waals surface area contributed by atoms with Crippen molar-refractivity contribution in [1.82, 2.24) is 9.88 Å². The van der Waals surface area contributed by atoms with E-state index >= 15 is 0 Å². The Morgan fingerprint density at radius 1 is 1.38 bits per heavy atom. The normalized spacial score (nSPS) is 16.8. The van der Waals surface area contributed by atoms with Crippen LogP contribution in [0.5, 0.6) is 0 Å². The molecule has 2 rings (SSSR count). The molecule has 1 aromatic rings. The fourth-order valence-electron chi connectivity index (χ4n) is 2.36. The van der Waals surface area contributed by atoms with Gasteiger partial charge in [0.25, 0.3) is 0 Å². The molecular formula is C14H20N2O4S. The Bertz CT molecular complexity index is 527. The third-order valence-electron chi connectivity index (χ3n) is 3.31. The van der Waals surface area contributed by atoms with Gasteiger partial charge in [-0.05, 0) is 39.5 Å². The minimum Gasteiger partial charge on any atom is -0.476 e. The maximum Gasteiger partial charge on any atom is 0.410 e. The van der Waals surface area contributed by atoms with Crippen LogP contribution in [-0.4, -0.2) is 45.7 Å². The molecule has 0 radical (unpaired) electrons. The van der Waals surface area contributed by atoms with Crippen LogP contribution in [-0.2, 0) is 4.74 Å². The first-order valence-electron chi connectivity index (χ1n) is 6.92. The van der Waals surface area contributed by atoms with Gasteiger partial charge in [0.2, 0.25) is 0 Å². The number of nitrogens with zero attached hydrogens (tertiary/aromatic N) is 2. The van der Waals surface area contributed by atoms with Crippen molar-refractivity contribution in [3.05, 3.63) is 16.1 Å². The number of carbonyl (C=O) groups excluding carboxylic acids is 1. The Morgan fingerprint density at radius 2 is 2.00 bits per heavy atom. The predicted molar refractivity (Wildman–Crippen MR) is 78.9 cm³/mol. The van der Waals surface area contributed by atoms with E-state index in [0.29, 0.717) is 13.1 Å². The second-order valence-electron chi connectivity index (χ2n) is 6.11. The van der Waals surface area contributed by atoms with Crippen LogP contribution in [0.4, 0.5) is 4.79 Å². The van der Waals surface area contributed by atoms with E-state index in [1.54, 1.807) is 10.4 Å². The third-order valence-corrected chi connectivity index (χ3v) is 4.31. The van der Waals surface area contributed by atoms with Gasteiger partial charge in [0.1, 0.15) is 5.60 Å². The van der Waals surface area contributed by atoms with Crippen molar-refractivity contribution in [2.75, 3.05) is 13.1 Å². The average molecular weight is 312 g/mol. The molecule has 1 amide bonds. The van der Waals surface area contributed by atoms with E-state index in [9.17, 15) is 9.59 Å². The van der Waals surface area contributed by atoms with Crippen LogP contribution in [0.2, 0.25) is 0 Å². The van der Waals surface area contributed by atoms with Crippen molar-refractivity contribution >= 4 is 23.4 Å². The fourth-order valence-corrected chi connectivity index (χ4v) is 3.31. The Labute approximate surface area is 127 Å². The van der Waals surface area contributed by atoms with Gasteiger partial charge in [-0.25, -0.2) is 14.6 Å². The molecule has 0 aromatic carbocycles. The van der Waals surface area contributed by atoms with E-state index in [4.69, 9.17) is 9.84 Å². The summed E-state index contributed by atoms with van der Waals surface area (Å²) in [6.45, 7) is 6.68. The van der Waals surface area contributed by atoms with Gasteiger partial charge < -0.3 is 14.7 Å². The number of aromatic nitrogens is 1. The number of hydrogen-bond acceptors (Lipinski definition) is 5. The van der Waals surface area contributed by atoms with Crippen LogP contribution in [0.3, 0.4) is 0 Å². The number of piperidine rings is 1. The molecule has 0 saturated carbocycles. The molecule has 0 spiro atoms. The molecule has 1 aliphatic heterocycles. The standard InChI is InChI=1S/C14H20N2O4S/c1-14(2,3)20-13(19)16-6-4-9(5-7-16)11-10(12(17)18)15-8-21-11/h8-9H,4-7H2,1-3H3,(H,17,18). The SMILES string of the molecule is CC(C)(C)OC(=O)N1CCC(c2scnc2C(=O)O)CC1. The minimum atomic E-state index is -0.985. The van der Waals surface area contributed by atoms with E-state index in [2.05, 4.69) is 4.98 Å². The molecule has 1 aliphatic rings. The Kier molecular flexibility index (Phi) is 4.51. The zero-order chi connectivity index (χ0) is 15.6. The first-order chi connectivity index (χ1) is 9.78. The van der Waals surface area contributed by atoms with Gasteiger partial charge in [0.05, 0.1) is 5.51 Å². The number of carboxylic acid groups (broad SMARTS) is 1. The quantitative estimate of drug-likeness (QED) is 0.908. The van der Waals surface area contributed by atoms with Crippen LogP contribution < -0.4 is 0 Å². The molecule has 7 heteroatoms. The molecule has 1 N–H and O–H groups in total. The van der Waals surface area contributed by atoms with Crippen molar-refractivity contribution in [1.29, 1.82) is 0 Å². The molecule has 1 aromatic heterocycles. The zero-order valence-corrected chi connectivity index (χ0v) is 13.3. The minimum absolute atomic E-state index is 0.149. The van der Waals surface area contributed by atoms with Crippen LogP contribution in [0.15, 0.2) is 5.51 Å². The lowest BCUT2D eigenvalue weighted by atomic mass is 9.94. The van der Waals surface area contributed by atoms with E-state index in [1.807, 2.05) is 20.8 Å². The topological polar surface area (TPSA) is 79.7 Å². The van der Waals surface area contributed by atoms with Gasteiger partial charge in [-0.3, -0.25) is 0 Å². The van der Waals surface area contributed by atoms with Gasteiger partial charge in [0.15, 0.2) is 5.69 Å². The summed E-state index contributed by atoms with van der Waals surface area (Å²) in [5, 5.41) is 9.11. The molecule has 1 saturated heterocycles. The first kappa shape index (κ1) is 15.8. The van der Waals surface area contributed by atoms with Crippen molar-refractivity contribution in [3.63, 3.8) is 0 Å². The monoisotopic (exact) mass is 312 g/mol. The second-order valence-corrected chi connectivity index (χ2v) is 7.00. The average Bonchev–Trinajstić information content (AvgIpc) is 2.86. The summed E-state index contributed by atoms with van der Waals surface area (Å²) in [5.41, 5.74) is 1.22. The van der Waals surface area contributed by atoms with E-state index in [-0.39, 0.29) is 17.7 Å². The number of ether oxygens (including phenoxy) is 1. The lowest BCUT2D eigenvalue weighted by molar-refractivity contribution is 0.0204. The predicted octanol–water partition coefficient (Wildman–Crippen LogP) is 2.96. The molecule has 1 fully saturated rings. The van der Waals surface area contributed by atoms with Gasteiger partial charge in [-0.1, -0.05) is 0 Å².